The Morgan fingerprint density at radius 1 is 1.06 bits per heavy atom. The van der Waals surface area contributed by atoms with Gasteiger partial charge in [0.25, 0.3) is 11.6 Å². The average Bonchev–Trinajstić information content (AvgIpc) is 2.84. The maximum Gasteiger partial charge on any atom is 0.270 e. The third kappa shape index (κ3) is 5.11. The van der Waals surface area contributed by atoms with Crippen molar-refractivity contribution in [2.75, 3.05) is 62.7 Å². The number of non-ortho nitro benzene ring substituents is 1. The molecule has 4 rings (SSSR count). The Morgan fingerprint density at radius 3 is 2.44 bits per heavy atom. The molecule has 168 valence electrons. The average molecular weight is 457 g/mol. The Kier molecular flexibility index (Phi) is 6.76. The van der Waals surface area contributed by atoms with E-state index in [9.17, 15) is 14.9 Å². The van der Waals surface area contributed by atoms with Crippen LogP contribution in [-0.4, -0.2) is 83.2 Å². The highest BCUT2D eigenvalue weighted by atomic mass is 32.1. The quantitative estimate of drug-likeness (QED) is 0.420. The predicted octanol–water partition coefficient (Wildman–Crippen LogP) is 1.98. The number of nitro benzene ring substituents is 1. The van der Waals surface area contributed by atoms with Gasteiger partial charge in [-0.2, -0.15) is 0 Å². The van der Waals surface area contributed by atoms with Crippen LogP contribution in [-0.2, 0) is 4.74 Å². The van der Waals surface area contributed by atoms with E-state index in [0.29, 0.717) is 50.1 Å². The van der Waals surface area contributed by atoms with Gasteiger partial charge in [0.2, 0.25) is 0 Å². The number of benzene rings is 1. The maximum atomic E-state index is 12.7. The highest BCUT2D eigenvalue weighted by Gasteiger charge is 2.24. The van der Waals surface area contributed by atoms with Crippen LogP contribution < -0.4 is 10.2 Å². The number of thiocarbonyl (C=S) groups is 1. The molecule has 0 radical (unpaired) electrons. The van der Waals surface area contributed by atoms with Crippen molar-refractivity contribution < 1.29 is 14.5 Å². The Bertz CT molecular complexity index is 988. The van der Waals surface area contributed by atoms with E-state index in [1.54, 1.807) is 17.2 Å². The Morgan fingerprint density at radius 2 is 1.78 bits per heavy atom. The molecule has 0 aliphatic carbocycles. The van der Waals surface area contributed by atoms with Gasteiger partial charge in [0.05, 0.1) is 30.0 Å². The fourth-order valence-electron chi connectivity index (χ4n) is 3.69. The molecule has 0 bridgehead atoms. The fraction of sp³-hybridized carbons (Fsp3) is 0.381. The minimum absolute atomic E-state index is 0.0897. The van der Waals surface area contributed by atoms with E-state index in [2.05, 4.69) is 15.2 Å². The Labute approximate surface area is 190 Å². The third-order valence-electron chi connectivity index (χ3n) is 5.49. The van der Waals surface area contributed by atoms with Crippen LogP contribution in [0.2, 0.25) is 0 Å². The molecule has 1 amide bonds. The molecule has 1 N–H and O–H groups in total. The summed E-state index contributed by atoms with van der Waals surface area (Å²) in [6.07, 6.45) is 1.76. The fourth-order valence-corrected chi connectivity index (χ4v) is 3.99. The number of hydrogen-bond acceptors (Lipinski definition) is 7. The largest absolute Gasteiger partial charge is 0.378 e. The zero-order valence-electron chi connectivity index (χ0n) is 17.5. The molecule has 2 aromatic rings. The van der Waals surface area contributed by atoms with Crippen LogP contribution in [0, 0.1) is 10.1 Å². The maximum absolute atomic E-state index is 12.7. The normalized spacial score (nSPS) is 16.6. The number of nitro groups is 1. The number of carbonyl (C=O) groups excluding carboxylic acids is 1. The van der Waals surface area contributed by atoms with Crippen LogP contribution in [0.3, 0.4) is 0 Å². The third-order valence-corrected chi connectivity index (χ3v) is 5.85. The first kappa shape index (κ1) is 21.9. The standard InChI is InChI=1S/C21H24N6O4S/c28-20(16-2-1-3-18(14-16)27(29)30)25-6-8-26(9-7-25)21(32)23-17-4-5-19(22-15-17)24-10-12-31-13-11-24/h1-5,14-15H,6-13H2,(H,23,32). The summed E-state index contributed by atoms with van der Waals surface area (Å²) in [5, 5.41) is 14.7. The van der Waals surface area contributed by atoms with Crippen LogP contribution in [0.5, 0.6) is 0 Å². The lowest BCUT2D eigenvalue weighted by Crippen LogP contribution is -2.51. The van der Waals surface area contributed by atoms with Crippen LogP contribution in [0.15, 0.2) is 42.6 Å². The molecular formula is C21H24N6O4S. The minimum atomic E-state index is -0.499. The van der Waals surface area contributed by atoms with Crippen LogP contribution >= 0.6 is 12.2 Å². The van der Waals surface area contributed by atoms with Crippen molar-refractivity contribution in [3.8, 4) is 0 Å². The van der Waals surface area contributed by atoms with E-state index in [0.717, 1.165) is 24.6 Å². The molecule has 1 aromatic heterocycles. The lowest BCUT2D eigenvalue weighted by Gasteiger charge is -2.36. The number of piperazine rings is 1. The molecule has 0 atom stereocenters. The number of nitrogens with one attached hydrogen (secondary N) is 1. The number of aromatic nitrogens is 1. The predicted molar refractivity (Wildman–Crippen MR) is 124 cm³/mol. The number of pyridine rings is 1. The molecule has 1 aromatic carbocycles. The van der Waals surface area contributed by atoms with E-state index < -0.39 is 4.92 Å². The molecule has 32 heavy (non-hydrogen) atoms. The van der Waals surface area contributed by atoms with Gasteiger partial charge in [0, 0.05) is 57.0 Å². The first-order valence-electron chi connectivity index (χ1n) is 10.4. The van der Waals surface area contributed by atoms with Gasteiger partial charge in [0.1, 0.15) is 5.82 Å². The van der Waals surface area contributed by atoms with Crippen LogP contribution in [0.4, 0.5) is 17.2 Å². The van der Waals surface area contributed by atoms with Gasteiger partial charge in [-0.05, 0) is 30.4 Å². The van der Waals surface area contributed by atoms with E-state index in [1.165, 1.54) is 18.2 Å². The molecule has 2 saturated heterocycles. The minimum Gasteiger partial charge on any atom is -0.378 e. The van der Waals surface area contributed by atoms with E-state index in [1.807, 2.05) is 17.0 Å². The summed E-state index contributed by atoms with van der Waals surface area (Å²) >= 11 is 5.54. The summed E-state index contributed by atoms with van der Waals surface area (Å²) in [6.45, 7) is 5.20. The summed E-state index contributed by atoms with van der Waals surface area (Å²) in [5.41, 5.74) is 1.04. The van der Waals surface area contributed by atoms with Gasteiger partial charge in [-0.25, -0.2) is 4.98 Å². The van der Waals surface area contributed by atoms with Crippen molar-refractivity contribution >= 4 is 40.4 Å². The number of nitrogens with zero attached hydrogens (tertiary/aromatic N) is 5. The molecule has 0 saturated carbocycles. The Balaban J connectivity index is 1.29. The summed E-state index contributed by atoms with van der Waals surface area (Å²) in [7, 11) is 0. The molecule has 2 fully saturated rings. The number of hydrogen-bond donors (Lipinski definition) is 1. The van der Waals surface area contributed by atoms with Crippen LogP contribution in [0.25, 0.3) is 0 Å². The smallest absolute Gasteiger partial charge is 0.270 e. The van der Waals surface area contributed by atoms with E-state index in [4.69, 9.17) is 17.0 Å². The summed E-state index contributed by atoms with van der Waals surface area (Å²) in [5.74, 6) is 0.702. The van der Waals surface area contributed by atoms with Gasteiger partial charge in [0.15, 0.2) is 5.11 Å². The summed E-state index contributed by atoms with van der Waals surface area (Å²) in [6, 6.07) is 9.73. The van der Waals surface area contributed by atoms with Gasteiger partial charge in [-0.1, -0.05) is 6.07 Å². The molecular weight excluding hydrogens is 432 g/mol. The highest BCUT2D eigenvalue weighted by Crippen LogP contribution is 2.18. The highest BCUT2D eigenvalue weighted by molar-refractivity contribution is 7.80. The van der Waals surface area contributed by atoms with Gasteiger partial charge in [-0.15, -0.1) is 0 Å². The first-order chi connectivity index (χ1) is 15.5. The van der Waals surface area contributed by atoms with Crippen LogP contribution in [0.1, 0.15) is 10.4 Å². The number of anilines is 2. The number of ether oxygens (including phenoxy) is 1. The topological polar surface area (TPSA) is 104 Å². The van der Waals surface area contributed by atoms with Crippen molar-refractivity contribution in [2.45, 2.75) is 0 Å². The summed E-state index contributed by atoms with van der Waals surface area (Å²) < 4.78 is 5.37. The molecule has 10 nitrogen and oxygen atoms in total. The lowest BCUT2D eigenvalue weighted by molar-refractivity contribution is -0.384. The molecule has 0 spiro atoms. The zero-order chi connectivity index (χ0) is 22.5. The van der Waals surface area contributed by atoms with Crippen molar-refractivity contribution in [3.05, 3.63) is 58.3 Å². The number of amides is 1. The SMILES string of the molecule is O=C(c1cccc([N+](=O)[O-])c1)N1CCN(C(=S)Nc2ccc(N3CCOCC3)nc2)CC1. The van der Waals surface area contributed by atoms with E-state index in [-0.39, 0.29) is 11.6 Å². The van der Waals surface area contributed by atoms with Gasteiger partial charge >= 0.3 is 0 Å². The number of morpholine rings is 1. The summed E-state index contributed by atoms with van der Waals surface area (Å²) in [4.78, 5) is 33.6. The Hall–Kier alpha value is -3.31. The second-order valence-corrected chi connectivity index (χ2v) is 7.91. The van der Waals surface area contributed by atoms with Gasteiger partial charge in [-0.3, -0.25) is 14.9 Å². The number of rotatable bonds is 4. The van der Waals surface area contributed by atoms with Crippen molar-refractivity contribution in [2.24, 2.45) is 0 Å². The molecule has 0 unspecified atom stereocenters. The second-order valence-electron chi connectivity index (χ2n) is 7.52. The van der Waals surface area contributed by atoms with Crippen molar-refractivity contribution in [1.29, 1.82) is 0 Å². The monoisotopic (exact) mass is 456 g/mol. The van der Waals surface area contributed by atoms with Gasteiger partial charge < -0.3 is 24.8 Å². The number of carbonyl (C=O) groups is 1. The lowest BCUT2D eigenvalue weighted by atomic mass is 10.1. The molecule has 3 heterocycles. The molecule has 11 heteroatoms. The molecule has 2 aliphatic heterocycles. The zero-order valence-corrected chi connectivity index (χ0v) is 18.3. The molecule has 2 aliphatic rings. The second kappa shape index (κ2) is 9.88. The van der Waals surface area contributed by atoms with Crippen molar-refractivity contribution in [1.82, 2.24) is 14.8 Å². The van der Waals surface area contributed by atoms with Crippen molar-refractivity contribution in [3.63, 3.8) is 0 Å². The van der Waals surface area contributed by atoms with E-state index >= 15 is 0 Å². The first-order valence-corrected chi connectivity index (χ1v) is 10.8.